The molecule has 0 spiro atoms. The van der Waals surface area contributed by atoms with Gasteiger partial charge in [0.25, 0.3) is 11.8 Å². The van der Waals surface area contributed by atoms with Crippen LogP contribution in [0.5, 0.6) is 0 Å². The molecule has 12 nitrogen and oxygen atoms in total. The van der Waals surface area contributed by atoms with Crippen molar-refractivity contribution in [1.29, 1.82) is 0 Å². The van der Waals surface area contributed by atoms with Gasteiger partial charge >= 0.3 is 12.2 Å². The minimum Gasteiger partial charge on any atom is -0.455 e. The van der Waals surface area contributed by atoms with E-state index in [1.54, 1.807) is 18.2 Å². The van der Waals surface area contributed by atoms with Gasteiger partial charge in [0.05, 0.1) is 24.5 Å². The summed E-state index contributed by atoms with van der Waals surface area (Å²) in [6.07, 6.45) is -1.56. The monoisotopic (exact) mass is 632 g/mol. The molecule has 240 valence electrons. The van der Waals surface area contributed by atoms with Gasteiger partial charge in [-0.25, -0.2) is 14.0 Å². The molecule has 1 aliphatic rings. The normalized spacial score (nSPS) is 14.3. The lowest BCUT2D eigenvalue weighted by Gasteiger charge is -2.21. The smallest absolute Gasteiger partial charge is 0.411 e. The molecule has 46 heavy (non-hydrogen) atoms. The van der Waals surface area contributed by atoms with Crippen LogP contribution in [0, 0.1) is 5.82 Å². The summed E-state index contributed by atoms with van der Waals surface area (Å²) in [4.78, 5) is 52.1. The van der Waals surface area contributed by atoms with Crippen LogP contribution in [0.25, 0.3) is 33.4 Å². The van der Waals surface area contributed by atoms with Crippen LogP contribution in [0.3, 0.4) is 0 Å². The molecule has 0 saturated carbocycles. The third kappa shape index (κ3) is 7.44. The fourth-order valence-corrected chi connectivity index (χ4v) is 4.83. The molecular formula is C33H33FN4O8. The van der Waals surface area contributed by atoms with Crippen LogP contribution in [0.2, 0.25) is 0 Å². The zero-order valence-electron chi connectivity index (χ0n) is 25.7. The van der Waals surface area contributed by atoms with Crippen LogP contribution in [-0.4, -0.2) is 63.0 Å². The lowest BCUT2D eigenvalue weighted by atomic mass is 9.96. The topological polar surface area (TPSA) is 157 Å². The van der Waals surface area contributed by atoms with Crippen LogP contribution in [0.1, 0.15) is 41.5 Å². The van der Waals surface area contributed by atoms with Crippen LogP contribution in [-0.2, 0) is 14.2 Å². The average Bonchev–Trinajstić information content (AvgIpc) is 3.37. The fraction of sp³-hybridized carbons (Fsp3) is 0.273. The highest BCUT2D eigenvalue weighted by Gasteiger charge is 2.25. The summed E-state index contributed by atoms with van der Waals surface area (Å²) >= 11 is 0. The van der Waals surface area contributed by atoms with Gasteiger partial charge in [0, 0.05) is 46.4 Å². The molecule has 0 saturated heterocycles. The number of hydrogen-bond acceptors (Lipinski definition) is 8. The number of amides is 4. The maximum atomic E-state index is 13.7. The second-order valence-corrected chi connectivity index (χ2v) is 11.4. The molecule has 4 amide bonds. The van der Waals surface area contributed by atoms with Crippen molar-refractivity contribution < 1.29 is 42.2 Å². The lowest BCUT2D eigenvalue weighted by molar-refractivity contribution is 0.0512. The standard InChI is InChI=1S/C33H33FN4O8/c1-33(2,3)38-29(39)20-13-19-14-22(15-20)36-31(41)44-11-9-43-10-12-45-32(42)37-25-17-26-24(16-23(19)25)27(30(40)35-4)28(46-26)18-5-7-21(34)8-6-18/h5-8,13-17H,9-12H2,1-4H3,(H,35,40)(H,36,41)(H,37,42)(H,38,39). The molecule has 3 aromatic carbocycles. The van der Waals surface area contributed by atoms with Crippen LogP contribution in [0.4, 0.5) is 25.4 Å². The van der Waals surface area contributed by atoms with E-state index in [9.17, 15) is 23.6 Å². The van der Waals surface area contributed by atoms with Crippen LogP contribution >= 0.6 is 0 Å². The molecule has 0 unspecified atom stereocenters. The second-order valence-electron chi connectivity index (χ2n) is 11.4. The van der Waals surface area contributed by atoms with E-state index < -0.39 is 35.4 Å². The predicted octanol–water partition coefficient (Wildman–Crippen LogP) is 5.92. The molecule has 0 radical (unpaired) electrons. The Kier molecular flexibility index (Phi) is 9.23. The first kappa shape index (κ1) is 32.0. The molecule has 5 rings (SSSR count). The predicted molar refractivity (Wildman–Crippen MR) is 168 cm³/mol. The molecule has 1 aliphatic heterocycles. The summed E-state index contributed by atoms with van der Waals surface area (Å²) in [6, 6.07) is 13.3. The Labute approximate surface area is 263 Å². The van der Waals surface area contributed by atoms with Gasteiger partial charge in [0.15, 0.2) is 0 Å². The molecule has 2 bridgehead atoms. The maximum absolute atomic E-state index is 13.7. The largest absolute Gasteiger partial charge is 0.455 e. The molecule has 1 aromatic heterocycles. The highest BCUT2D eigenvalue weighted by atomic mass is 19.1. The van der Waals surface area contributed by atoms with Gasteiger partial charge < -0.3 is 29.3 Å². The van der Waals surface area contributed by atoms with E-state index in [1.807, 2.05) is 20.8 Å². The molecular weight excluding hydrogens is 599 g/mol. The summed E-state index contributed by atoms with van der Waals surface area (Å²) in [5, 5.41) is 11.3. The number of ether oxygens (including phenoxy) is 3. The fourth-order valence-electron chi connectivity index (χ4n) is 4.83. The summed E-state index contributed by atoms with van der Waals surface area (Å²) in [6.45, 7) is 5.48. The summed E-state index contributed by atoms with van der Waals surface area (Å²) in [5.41, 5.74) is 1.70. The highest BCUT2D eigenvalue weighted by molar-refractivity contribution is 6.13. The van der Waals surface area contributed by atoms with Crippen molar-refractivity contribution in [2.45, 2.75) is 26.3 Å². The Balaban J connectivity index is 1.75. The number of furan rings is 1. The lowest BCUT2D eigenvalue weighted by Crippen LogP contribution is -2.40. The van der Waals surface area contributed by atoms with Gasteiger partial charge in [-0.05, 0) is 74.9 Å². The van der Waals surface area contributed by atoms with Crippen molar-refractivity contribution in [2.75, 3.05) is 44.1 Å². The quantitative estimate of drug-likeness (QED) is 0.217. The number of rotatable bonds is 3. The number of halogens is 1. The highest BCUT2D eigenvalue weighted by Crippen LogP contribution is 2.40. The number of carbonyl (C=O) groups excluding carboxylic acids is 4. The van der Waals surface area contributed by atoms with Gasteiger partial charge in [-0.1, -0.05) is 0 Å². The summed E-state index contributed by atoms with van der Waals surface area (Å²) in [7, 11) is 1.47. The van der Waals surface area contributed by atoms with E-state index in [2.05, 4.69) is 21.3 Å². The Hall–Kier alpha value is -5.43. The van der Waals surface area contributed by atoms with Crippen molar-refractivity contribution >= 4 is 46.3 Å². The van der Waals surface area contributed by atoms with Gasteiger partial charge in [0.1, 0.15) is 30.4 Å². The number of nitrogens with one attached hydrogen (secondary N) is 4. The molecule has 2 heterocycles. The number of carbonyl (C=O) groups is 4. The van der Waals surface area contributed by atoms with E-state index >= 15 is 0 Å². The first-order chi connectivity index (χ1) is 21.9. The third-order valence-electron chi connectivity index (χ3n) is 6.79. The van der Waals surface area contributed by atoms with Crippen LogP contribution in [0.15, 0.2) is 59.0 Å². The van der Waals surface area contributed by atoms with Crippen LogP contribution < -0.4 is 21.3 Å². The van der Waals surface area contributed by atoms with Crippen molar-refractivity contribution in [1.82, 2.24) is 10.6 Å². The van der Waals surface area contributed by atoms with Crippen molar-refractivity contribution in [3.05, 3.63) is 71.5 Å². The molecule has 4 aromatic rings. The zero-order valence-corrected chi connectivity index (χ0v) is 25.7. The molecule has 0 atom stereocenters. The van der Waals surface area contributed by atoms with E-state index in [4.69, 9.17) is 18.6 Å². The average molecular weight is 633 g/mol. The van der Waals surface area contributed by atoms with Gasteiger partial charge in [-0.2, -0.15) is 0 Å². The minimum absolute atomic E-state index is 0.0598. The third-order valence-corrected chi connectivity index (χ3v) is 6.79. The number of benzene rings is 3. The van der Waals surface area contributed by atoms with Crippen molar-refractivity contribution in [2.24, 2.45) is 0 Å². The van der Waals surface area contributed by atoms with Crippen molar-refractivity contribution in [3.63, 3.8) is 0 Å². The minimum atomic E-state index is -0.792. The Morgan fingerprint density at radius 3 is 2.15 bits per heavy atom. The maximum Gasteiger partial charge on any atom is 0.411 e. The second kappa shape index (κ2) is 13.3. The van der Waals surface area contributed by atoms with E-state index in [0.29, 0.717) is 22.1 Å². The van der Waals surface area contributed by atoms with E-state index in [-0.39, 0.29) is 60.3 Å². The number of fused-ring (bicyclic) bond motifs is 5. The number of hydrogen-bond donors (Lipinski definition) is 4. The Morgan fingerprint density at radius 2 is 1.50 bits per heavy atom. The van der Waals surface area contributed by atoms with E-state index in [1.165, 1.54) is 43.4 Å². The Morgan fingerprint density at radius 1 is 0.826 bits per heavy atom. The van der Waals surface area contributed by atoms with Gasteiger partial charge in [0.2, 0.25) is 0 Å². The molecule has 13 heteroatoms. The first-order valence-electron chi connectivity index (χ1n) is 14.4. The summed E-state index contributed by atoms with van der Waals surface area (Å²) in [5.74, 6) is -1.17. The molecule has 0 aliphatic carbocycles. The Bertz CT molecular complexity index is 1810. The van der Waals surface area contributed by atoms with Crippen molar-refractivity contribution in [3.8, 4) is 22.5 Å². The van der Waals surface area contributed by atoms with Gasteiger partial charge in [-0.15, -0.1) is 0 Å². The zero-order chi connectivity index (χ0) is 33.0. The molecule has 0 fully saturated rings. The van der Waals surface area contributed by atoms with Gasteiger partial charge in [-0.3, -0.25) is 20.2 Å². The number of anilines is 2. The summed E-state index contributed by atoms with van der Waals surface area (Å²) < 4.78 is 35.7. The number of cyclic esters (lactones) is 2. The molecule has 4 N–H and O–H groups in total. The first-order valence-corrected chi connectivity index (χ1v) is 14.4. The SMILES string of the molecule is CNC(=O)c1c(-c2ccc(F)cc2)oc2cc3c(cc12)-c1cc(cc(C(=O)NC(C)(C)C)c1)NC(=O)OCCOCCOC(=O)N3. The van der Waals surface area contributed by atoms with E-state index in [0.717, 1.165) is 0 Å².